The van der Waals surface area contributed by atoms with E-state index in [2.05, 4.69) is 32.9 Å². The molecule has 0 saturated carbocycles. The van der Waals surface area contributed by atoms with Crippen molar-refractivity contribution in [3.05, 3.63) is 58.7 Å². The molecule has 1 fully saturated rings. The number of rotatable bonds is 8. The van der Waals surface area contributed by atoms with Crippen LogP contribution in [0.5, 0.6) is 0 Å². The van der Waals surface area contributed by atoms with Crippen LogP contribution in [0.4, 0.5) is 0 Å². The Hall–Kier alpha value is -2.03. The Kier molecular flexibility index (Phi) is 9.40. The van der Waals surface area contributed by atoms with Crippen LogP contribution in [0.15, 0.2) is 58.7 Å². The van der Waals surface area contributed by atoms with Crippen LogP contribution in [0.2, 0.25) is 0 Å². The first-order chi connectivity index (χ1) is 15.4. The summed E-state index contributed by atoms with van der Waals surface area (Å²) in [6.07, 6.45) is 10.5. The summed E-state index contributed by atoms with van der Waals surface area (Å²) in [6.45, 7) is 9.30. The Bertz CT molecular complexity index is 862. The largest absolute Gasteiger partial charge is 0.460 e. The van der Waals surface area contributed by atoms with Crippen molar-refractivity contribution in [2.45, 2.75) is 78.0 Å². The fourth-order valence-corrected chi connectivity index (χ4v) is 4.21. The molecule has 1 aliphatic carbocycles. The molecule has 7 heteroatoms. The smallest absolute Gasteiger partial charge is 0.331 e. The van der Waals surface area contributed by atoms with Crippen LogP contribution in [-0.2, 0) is 14.3 Å². The fraction of sp³-hybridized carbons (Fsp3) is 0.577. The lowest BCUT2D eigenvalue weighted by atomic mass is 9.72. The molecule has 0 bridgehead atoms. The summed E-state index contributed by atoms with van der Waals surface area (Å²) >= 11 is 0. The minimum Gasteiger partial charge on any atom is -0.460 e. The van der Waals surface area contributed by atoms with Gasteiger partial charge in [-0.2, -0.15) is 0 Å². The molecule has 1 aliphatic heterocycles. The average molecular weight is 463 g/mol. The van der Waals surface area contributed by atoms with Crippen molar-refractivity contribution in [3.63, 3.8) is 0 Å². The second kappa shape index (κ2) is 11.4. The van der Waals surface area contributed by atoms with Crippen LogP contribution in [0.3, 0.4) is 0 Å². The molecule has 1 saturated heterocycles. The Morgan fingerprint density at radius 1 is 1.21 bits per heavy atom. The monoisotopic (exact) mass is 462 g/mol. The van der Waals surface area contributed by atoms with Crippen LogP contribution >= 0.6 is 0 Å². The van der Waals surface area contributed by atoms with E-state index in [4.69, 9.17) is 14.6 Å². The van der Waals surface area contributed by atoms with Gasteiger partial charge < -0.3 is 29.9 Å². The summed E-state index contributed by atoms with van der Waals surface area (Å²) in [4.78, 5) is 12.0. The van der Waals surface area contributed by atoms with Gasteiger partial charge in [0, 0.05) is 6.08 Å². The zero-order chi connectivity index (χ0) is 24.8. The maximum absolute atomic E-state index is 12.0. The van der Waals surface area contributed by atoms with Gasteiger partial charge in [-0.25, -0.2) is 4.79 Å². The van der Waals surface area contributed by atoms with Gasteiger partial charge in [0.05, 0.1) is 6.61 Å². The number of carbonyl (C=O) groups excluding carboxylic acids is 1. The van der Waals surface area contributed by atoms with Crippen LogP contribution in [0.25, 0.3) is 0 Å². The zero-order valence-corrected chi connectivity index (χ0v) is 20.2. The molecule has 0 spiro atoms. The van der Waals surface area contributed by atoms with Crippen LogP contribution in [0.1, 0.15) is 53.9 Å². The Labute approximate surface area is 196 Å². The van der Waals surface area contributed by atoms with Gasteiger partial charge in [0.15, 0.2) is 0 Å². The third-order valence-corrected chi connectivity index (χ3v) is 6.26. The number of aliphatic hydroxyl groups excluding tert-OH is 3. The number of ether oxygens (including phenoxy) is 2. The highest BCUT2D eigenvalue weighted by Gasteiger charge is 2.53. The van der Waals surface area contributed by atoms with Gasteiger partial charge in [-0.3, -0.25) is 0 Å². The number of esters is 1. The molecule has 0 radical (unpaired) electrons. The molecule has 2 rings (SSSR count). The van der Waals surface area contributed by atoms with E-state index >= 15 is 0 Å². The fourth-order valence-electron chi connectivity index (χ4n) is 4.21. The highest BCUT2D eigenvalue weighted by Crippen LogP contribution is 2.40. The normalized spacial score (nSPS) is 31.1. The SMILES string of the molecule is CC1=C(/C=C/C(C)=C/C=C/C(C)=C/C(=O)OCC2OC(O)(CO)C(O)C2O)C(C)(C)CCC1. The van der Waals surface area contributed by atoms with E-state index < -0.39 is 36.7 Å². The number of hydrogen-bond donors (Lipinski definition) is 4. The van der Waals surface area contributed by atoms with Gasteiger partial charge >= 0.3 is 5.97 Å². The molecule has 184 valence electrons. The number of hydrogen-bond acceptors (Lipinski definition) is 7. The molecule has 4 N–H and O–H groups in total. The van der Waals surface area contributed by atoms with Crippen molar-refractivity contribution in [1.29, 1.82) is 0 Å². The second-order valence-corrected chi connectivity index (χ2v) is 9.65. The lowest BCUT2D eigenvalue weighted by molar-refractivity contribution is -0.248. The first kappa shape index (κ1) is 27.2. The summed E-state index contributed by atoms with van der Waals surface area (Å²) in [5, 5.41) is 38.6. The van der Waals surface area contributed by atoms with E-state index in [0.29, 0.717) is 5.57 Å². The quantitative estimate of drug-likeness (QED) is 0.249. The number of aliphatic hydroxyl groups is 4. The molecule has 1 heterocycles. The Morgan fingerprint density at radius 3 is 2.52 bits per heavy atom. The van der Waals surface area contributed by atoms with Crippen LogP contribution < -0.4 is 0 Å². The molecular formula is C26H38O7. The summed E-state index contributed by atoms with van der Waals surface area (Å²) in [7, 11) is 0. The van der Waals surface area contributed by atoms with Crippen molar-refractivity contribution in [3.8, 4) is 0 Å². The van der Waals surface area contributed by atoms with E-state index in [1.54, 1.807) is 13.0 Å². The molecule has 4 unspecified atom stereocenters. The standard InChI is InChI=1S/C26H38O7/c1-17(11-12-20-19(3)10-7-13-25(20,4)5)8-6-9-18(2)14-22(28)32-15-21-23(29)24(30)26(31,16-27)33-21/h6,8-9,11-12,14,21,23-24,27,29-31H,7,10,13,15-16H2,1-5H3/b9-6+,12-11+,17-8+,18-14+. The lowest BCUT2D eigenvalue weighted by Gasteiger charge is -2.32. The first-order valence-electron chi connectivity index (χ1n) is 11.3. The summed E-state index contributed by atoms with van der Waals surface area (Å²) in [6, 6.07) is 0. The van der Waals surface area contributed by atoms with Crippen molar-refractivity contribution in [2.75, 3.05) is 13.2 Å². The van der Waals surface area contributed by atoms with Crippen LogP contribution in [-0.4, -0.2) is 63.7 Å². The molecule has 0 aromatic carbocycles. The highest BCUT2D eigenvalue weighted by atomic mass is 16.7. The van der Waals surface area contributed by atoms with Gasteiger partial charge in [-0.15, -0.1) is 0 Å². The first-order valence-corrected chi connectivity index (χ1v) is 11.3. The molecule has 2 aliphatic rings. The van der Waals surface area contributed by atoms with Crippen molar-refractivity contribution in [1.82, 2.24) is 0 Å². The third kappa shape index (κ3) is 7.22. The summed E-state index contributed by atoms with van der Waals surface area (Å²) in [5.74, 6) is -2.92. The van der Waals surface area contributed by atoms with Crippen molar-refractivity contribution in [2.24, 2.45) is 5.41 Å². The van der Waals surface area contributed by atoms with Gasteiger partial charge in [-0.05, 0) is 56.6 Å². The molecule has 0 aromatic rings. The zero-order valence-electron chi connectivity index (χ0n) is 20.2. The van der Waals surface area contributed by atoms with Gasteiger partial charge in [0.25, 0.3) is 0 Å². The number of carbonyl (C=O) groups is 1. The van der Waals surface area contributed by atoms with E-state index in [0.717, 1.165) is 12.0 Å². The lowest BCUT2D eigenvalue weighted by Crippen LogP contribution is -2.46. The Morgan fingerprint density at radius 2 is 1.91 bits per heavy atom. The molecule has 0 amide bonds. The minimum absolute atomic E-state index is 0.197. The summed E-state index contributed by atoms with van der Waals surface area (Å²) < 4.78 is 10.1. The molecule has 4 atom stereocenters. The molecule has 0 aromatic heterocycles. The summed E-state index contributed by atoms with van der Waals surface area (Å²) in [5.41, 5.74) is 4.81. The maximum Gasteiger partial charge on any atom is 0.331 e. The van der Waals surface area contributed by atoms with E-state index in [1.165, 1.54) is 30.1 Å². The van der Waals surface area contributed by atoms with Crippen LogP contribution in [0, 0.1) is 5.41 Å². The number of allylic oxidation sites excluding steroid dienone is 9. The van der Waals surface area contributed by atoms with Gasteiger partial charge in [-0.1, -0.05) is 55.4 Å². The molecular weight excluding hydrogens is 424 g/mol. The highest BCUT2D eigenvalue weighted by molar-refractivity contribution is 5.83. The maximum atomic E-state index is 12.0. The van der Waals surface area contributed by atoms with E-state index in [9.17, 15) is 20.1 Å². The van der Waals surface area contributed by atoms with E-state index in [-0.39, 0.29) is 12.0 Å². The molecule has 7 nitrogen and oxygen atoms in total. The molecule has 33 heavy (non-hydrogen) atoms. The third-order valence-electron chi connectivity index (χ3n) is 6.26. The van der Waals surface area contributed by atoms with Gasteiger partial charge in [0.2, 0.25) is 5.79 Å². The van der Waals surface area contributed by atoms with Crippen molar-refractivity contribution < 1.29 is 34.7 Å². The van der Waals surface area contributed by atoms with Gasteiger partial charge in [0.1, 0.15) is 24.9 Å². The minimum atomic E-state index is -2.27. The van der Waals surface area contributed by atoms with E-state index in [1.807, 2.05) is 19.1 Å². The topological polar surface area (TPSA) is 116 Å². The predicted molar refractivity (Wildman–Crippen MR) is 126 cm³/mol. The van der Waals surface area contributed by atoms with Crippen molar-refractivity contribution >= 4 is 5.97 Å². The average Bonchev–Trinajstić information content (AvgIpc) is 2.95. The predicted octanol–water partition coefficient (Wildman–Crippen LogP) is 2.86. The Balaban J connectivity index is 1.89. The second-order valence-electron chi connectivity index (χ2n) is 9.65.